The van der Waals surface area contributed by atoms with Crippen molar-refractivity contribution >= 4 is 15.8 Å². The first-order valence-electron chi connectivity index (χ1n) is 10.1. The Morgan fingerprint density at radius 2 is 1.79 bits per heavy atom. The zero-order valence-corrected chi connectivity index (χ0v) is 17.5. The number of rotatable bonds is 4. The molecule has 0 saturated carbocycles. The van der Waals surface area contributed by atoms with Gasteiger partial charge in [-0.15, -0.1) is 0 Å². The molecule has 0 radical (unpaired) electrons. The van der Waals surface area contributed by atoms with E-state index in [-0.39, 0.29) is 5.75 Å². The third kappa shape index (κ3) is 4.05. The van der Waals surface area contributed by atoms with Gasteiger partial charge in [0.25, 0.3) is 0 Å². The van der Waals surface area contributed by atoms with E-state index in [1.165, 1.54) is 0 Å². The van der Waals surface area contributed by atoms with Crippen molar-refractivity contribution in [1.82, 2.24) is 14.3 Å². The van der Waals surface area contributed by atoms with Gasteiger partial charge in [0.2, 0.25) is 10.0 Å². The molecule has 0 unspecified atom stereocenters. The summed E-state index contributed by atoms with van der Waals surface area (Å²) in [5.74, 6) is 2.48. The second kappa shape index (κ2) is 7.79. The van der Waals surface area contributed by atoms with E-state index in [2.05, 4.69) is 16.8 Å². The first-order valence-corrected chi connectivity index (χ1v) is 11.7. The highest BCUT2D eigenvalue weighted by Gasteiger charge is 2.31. The van der Waals surface area contributed by atoms with Crippen molar-refractivity contribution in [3.05, 3.63) is 53.0 Å². The molecule has 150 valence electrons. The van der Waals surface area contributed by atoms with Crippen LogP contribution in [0.3, 0.4) is 0 Å². The molecule has 1 saturated heterocycles. The molecule has 0 bridgehead atoms. The summed E-state index contributed by atoms with van der Waals surface area (Å²) in [5, 5.41) is 0. The van der Waals surface area contributed by atoms with Crippen LogP contribution in [0.4, 0.5) is 5.82 Å². The number of anilines is 1. The summed E-state index contributed by atoms with van der Waals surface area (Å²) in [6.07, 6.45) is 2.94. The summed E-state index contributed by atoms with van der Waals surface area (Å²) in [5.41, 5.74) is 2.81. The van der Waals surface area contributed by atoms with Gasteiger partial charge in [0.05, 0.1) is 11.4 Å². The zero-order chi connectivity index (χ0) is 19.7. The van der Waals surface area contributed by atoms with Crippen LogP contribution in [0.2, 0.25) is 0 Å². The minimum absolute atomic E-state index is 0.0342. The highest BCUT2D eigenvalue weighted by molar-refractivity contribution is 7.88. The van der Waals surface area contributed by atoms with E-state index in [4.69, 9.17) is 4.98 Å². The monoisotopic (exact) mass is 400 g/mol. The fraction of sp³-hybridized carbons (Fsp3) is 0.524. The average Bonchev–Trinajstić information content (AvgIpc) is 2.68. The Labute approximate surface area is 167 Å². The molecular formula is C21H28N4O2S. The molecule has 0 aliphatic carbocycles. The molecule has 4 rings (SSSR count). The molecular weight excluding hydrogens is 372 g/mol. The molecule has 28 heavy (non-hydrogen) atoms. The standard InChI is InChI=1S/C21H28N4O2S/c1-16-8-11-24(12-9-16)21-19-14-25(13-10-20(19)22-17(2)23-21)28(26,27)15-18-6-4-3-5-7-18/h3-7,16H,8-15H2,1-2H3. The minimum atomic E-state index is -3.39. The van der Waals surface area contributed by atoms with E-state index in [1.807, 2.05) is 37.3 Å². The van der Waals surface area contributed by atoms with Crippen molar-refractivity contribution < 1.29 is 8.42 Å². The Morgan fingerprint density at radius 3 is 2.50 bits per heavy atom. The number of hydrogen-bond donors (Lipinski definition) is 0. The first-order chi connectivity index (χ1) is 13.4. The van der Waals surface area contributed by atoms with Crippen LogP contribution in [0.1, 0.15) is 42.4 Å². The van der Waals surface area contributed by atoms with Crippen molar-refractivity contribution in [2.24, 2.45) is 5.92 Å². The summed E-state index contributed by atoms with van der Waals surface area (Å²) in [6, 6.07) is 9.38. The fourth-order valence-corrected chi connectivity index (χ4v) is 5.58. The van der Waals surface area contributed by atoms with Gasteiger partial charge in [0, 0.05) is 38.2 Å². The molecule has 3 heterocycles. The van der Waals surface area contributed by atoms with Crippen molar-refractivity contribution in [2.45, 2.75) is 45.4 Å². The second-order valence-electron chi connectivity index (χ2n) is 8.01. The van der Waals surface area contributed by atoms with Crippen molar-refractivity contribution in [3.63, 3.8) is 0 Å². The largest absolute Gasteiger partial charge is 0.356 e. The normalized spacial score (nSPS) is 18.9. The lowest BCUT2D eigenvalue weighted by Gasteiger charge is -2.35. The Hall–Kier alpha value is -1.99. The number of hydrogen-bond acceptors (Lipinski definition) is 5. The van der Waals surface area contributed by atoms with Gasteiger partial charge >= 0.3 is 0 Å². The molecule has 0 spiro atoms. The van der Waals surface area contributed by atoms with Crippen LogP contribution in [-0.4, -0.2) is 42.3 Å². The van der Waals surface area contributed by atoms with Crippen molar-refractivity contribution in [1.29, 1.82) is 0 Å². The topological polar surface area (TPSA) is 66.4 Å². The summed E-state index contributed by atoms with van der Waals surface area (Å²) in [6.45, 7) is 7.01. The summed E-state index contributed by atoms with van der Waals surface area (Å²) in [7, 11) is -3.39. The molecule has 6 nitrogen and oxygen atoms in total. The second-order valence-corrected chi connectivity index (χ2v) is 9.98. The number of aromatic nitrogens is 2. The van der Waals surface area contributed by atoms with Gasteiger partial charge in [-0.1, -0.05) is 37.3 Å². The Kier molecular flexibility index (Phi) is 5.38. The van der Waals surface area contributed by atoms with E-state index >= 15 is 0 Å². The average molecular weight is 401 g/mol. The van der Waals surface area contributed by atoms with Gasteiger partial charge in [-0.2, -0.15) is 4.31 Å². The van der Waals surface area contributed by atoms with Gasteiger partial charge in [0.1, 0.15) is 11.6 Å². The Bertz CT molecular complexity index is 938. The van der Waals surface area contributed by atoms with E-state index in [0.29, 0.717) is 19.5 Å². The lowest BCUT2D eigenvalue weighted by atomic mass is 9.98. The Morgan fingerprint density at radius 1 is 1.07 bits per heavy atom. The van der Waals surface area contributed by atoms with Gasteiger partial charge < -0.3 is 4.90 Å². The number of sulfonamides is 1. The molecule has 2 aliphatic rings. The van der Waals surface area contributed by atoms with E-state index < -0.39 is 10.0 Å². The number of aryl methyl sites for hydroxylation is 1. The lowest BCUT2D eigenvalue weighted by Crippen LogP contribution is -2.40. The van der Waals surface area contributed by atoms with Gasteiger partial charge in [-0.05, 0) is 31.2 Å². The summed E-state index contributed by atoms with van der Waals surface area (Å²) in [4.78, 5) is 11.7. The number of piperidine rings is 1. The van der Waals surface area contributed by atoms with Gasteiger partial charge in [-0.3, -0.25) is 0 Å². The van der Waals surface area contributed by atoms with E-state index in [1.54, 1.807) is 4.31 Å². The Balaban J connectivity index is 1.60. The molecule has 7 heteroatoms. The lowest BCUT2D eigenvalue weighted by molar-refractivity contribution is 0.383. The van der Waals surface area contributed by atoms with Crippen LogP contribution in [0.5, 0.6) is 0 Å². The van der Waals surface area contributed by atoms with Crippen molar-refractivity contribution in [3.8, 4) is 0 Å². The smallest absolute Gasteiger partial charge is 0.218 e. The van der Waals surface area contributed by atoms with Crippen molar-refractivity contribution in [2.75, 3.05) is 24.5 Å². The molecule has 0 amide bonds. The highest BCUT2D eigenvalue weighted by atomic mass is 32.2. The minimum Gasteiger partial charge on any atom is -0.356 e. The van der Waals surface area contributed by atoms with Crippen LogP contribution in [0.15, 0.2) is 30.3 Å². The van der Waals surface area contributed by atoms with Crippen LogP contribution in [0, 0.1) is 12.8 Å². The third-order valence-corrected chi connectivity index (χ3v) is 7.58. The summed E-state index contributed by atoms with van der Waals surface area (Å²) >= 11 is 0. The van der Waals surface area contributed by atoms with Crippen LogP contribution < -0.4 is 4.90 Å². The molecule has 1 aromatic heterocycles. The summed E-state index contributed by atoms with van der Waals surface area (Å²) < 4.78 is 27.7. The fourth-order valence-electron chi connectivity index (χ4n) is 4.09. The molecule has 1 fully saturated rings. The van der Waals surface area contributed by atoms with Gasteiger partial charge in [-0.25, -0.2) is 18.4 Å². The molecule has 2 aliphatic heterocycles. The molecule has 0 atom stereocenters. The maximum Gasteiger partial charge on any atom is 0.218 e. The quantitative estimate of drug-likeness (QED) is 0.789. The number of nitrogens with zero attached hydrogens (tertiary/aromatic N) is 4. The van der Waals surface area contributed by atoms with Crippen LogP contribution >= 0.6 is 0 Å². The molecule has 2 aromatic rings. The predicted octanol–water partition coefficient (Wildman–Crippen LogP) is 2.91. The number of benzene rings is 1. The van der Waals surface area contributed by atoms with E-state index in [0.717, 1.165) is 60.3 Å². The van der Waals surface area contributed by atoms with Crippen LogP contribution in [0.25, 0.3) is 0 Å². The van der Waals surface area contributed by atoms with Crippen LogP contribution in [-0.2, 0) is 28.7 Å². The third-order valence-electron chi connectivity index (χ3n) is 5.78. The maximum atomic E-state index is 13.0. The van der Waals surface area contributed by atoms with Gasteiger partial charge in [0.15, 0.2) is 0 Å². The highest BCUT2D eigenvalue weighted by Crippen LogP contribution is 2.31. The zero-order valence-electron chi connectivity index (χ0n) is 16.6. The molecule has 1 aromatic carbocycles. The predicted molar refractivity (Wildman–Crippen MR) is 111 cm³/mol. The number of fused-ring (bicyclic) bond motifs is 1. The maximum absolute atomic E-state index is 13.0. The SMILES string of the molecule is Cc1nc2c(c(N3CCC(C)CC3)n1)CN(S(=O)(=O)Cc1ccccc1)CC2. The molecule has 0 N–H and O–H groups in total. The van der Waals surface area contributed by atoms with E-state index in [9.17, 15) is 8.42 Å². The first kappa shape index (κ1) is 19.3.